The van der Waals surface area contributed by atoms with Crippen LogP contribution in [0.15, 0.2) is 40.9 Å². The highest BCUT2D eigenvalue weighted by molar-refractivity contribution is 5.66. The third-order valence-electron chi connectivity index (χ3n) is 2.98. The molecule has 5 nitrogen and oxygen atoms in total. The van der Waals surface area contributed by atoms with Crippen molar-refractivity contribution in [2.24, 2.45) is 0 Å². The number of carbonyl (C=O) groups is 1. The summed E-state index contributed by atoms with van der Waals surface area (Å²) in [4.78, 5) is 12.5. The Labute approximate surface area is 117 Å². The number of aliphatic carboxylic acids is 1. The number of nitrogens with zero attached hydrogens (tertiary/aromatic N) is 2. The van der Waals surface area contributed by atoms with E-state index in [1.54, 1.807) is 0 Å². The van der Waals surface area contributed by atoms with Crippen LogP contribution in [0.2, 0.25) is 0 Å². The van der Waals surface area contributed by atoms with E-state index in [0.717, 1.165) is 17.0 Å². The summed E-state index contributed by atoms with van der Waals surface area (Å²) in [6, 6.07) is 11.8. The average molecular weight is 274 g/mol. The number of benzene rings is 1. The molecule has 0 aliphatic heterocycles. The van der Waals surface area contributed by atoms with Crippen LogP contribution in [-0.2, 0) is 11.3 Å². The maximum atomic E-state index is 10.5. The number of aromatic nitrogens is 1. The van der Waals surface area contributed by atoms with Gasteiger partial charge < -0.3 is 9.63 Å². The summed E-state index contributed by atoms with van der Waals surface area (Å²) in [5, 5.41) is 12.7. The monoisotopic (exact) mass is 274 g/mol. The van der Waals surface area contributed by atoms with Crippen LogP contribution in [0.5, 0.6) is 0 Å². The molecule has 0 amide bonds. The molecule has 106 valence electrons. The van der Waals surface area contributed by atoms with Gasteiger partial charge in [0.1, 0.15) is 5.69 Å². The van der Waals surface area contributed by atoms with Crippen molar-refractivity contribution in [3.05, 3.63) is 42.2 Å². The summed E-state index contributed by atoms with van der Waals surface area (Å²) < 4.78 is 5.31. The van der Waals surface area contributed by atoms with Gasteiger partial charge in [-0.3, -0.25) is 9.69 Å². The molecule has 0 saturated carbocycles. The van der Waals surface area contributed by atoms with Gasteiger partial charge >= 0.3 is 5.97 Å². The molecule has 0 saturated heterocycles. The van der Waals surface area contributed by atoms with Crippen molar-refractivity contribution in [1.29, 1.82) is 0 Å². The second-order valence-electron chi connectivity index (χ2n) is 4.78. The molecule has 0 radical (unpaired) electrons. The molecule has 1 aromatic carbocycles. The highest BCUT2D eigenvalue weighted by atomic mass is 16.5. The predicted octanol–water partition coefficient (Wildman–Crippen LogP) is 2.64. The van der Waals surface area contributed by atoms with Crippen molar-refractivity contribution in [3.63, 3.8) is 0 Å². The van der Waals surface area contributed by atoms with Crippen LogP contribution in [-0.4, -0.2) is 34.7 Å². The third kappa shape index (κ3) is 4.20. The fourth-order valence-electron chi connectivity index (χ4n) is 1.98. The highest BCUT2D eigenvalue weighted by Gasteiger charge is 2.09. The van der Waals surface area contributed by atoms with Gasteiger partial charge in [-0.15, -0.1) is 0 Å². The minimum atomic E-state index is -0.760. The molecule has 1 N–H and O–H groups in total. The molecule has 0 bridgehead atoms. The number of rotatable bonds is 7. The lowest BCUT2D eigenvalue weighted by molar-refractivity contribution is -0.137. The molecule has 0 atom stereocenters. The summed E-state index contributed by atoms with van der Waals surface area (Å²) in [6.45, 7) is 1.34. The van der Waals surface area contributed by atoms with Crippen molar-refractivity contribution in [1.82, 2.24) is 10.1 Å². The molecule has 2 aromatic rings. The Morgan fingerprint density at radius 1 is 1.35 bits per heavy atom. The van der Waals surface area contributed by atoms with Crippen molar-refractivity contribution < 1.29 is 14.4 Å². The van der Waals surface area contributed by atoms with E-state index in [4.69, 9.17) is 9.63 Å². The molecular formula is C15H18N2O3. The Morgan fingerprint density at radius 2 is 2.10 bits per heavy atom. The molecule has 5 heteroatoms. The van der Waals surface area contributed by atoms with Gasteiger partial charge in [0.05, 0.1) is 6.54 Å². The van der Waals surface area contributed by atoms with Crippen LogP contribution in [0.3, 0.4) is 0 Å². The summed E-state index contributed by atoms with van der Waals surface area (Å²) in [6.07, 6.45) is 0.821. The molecule has 0 spiro atoms. The SMILES string of the molecule is CN(CCCC(=O)O)Cc1cc(-c2ccccc2)no1. The Kier molecular flexibility index (Phi) is 4.90. The van der Waals surface area contributed by atoms with Gasteiger partial charge in [0.15, 0.2) is 5.76 Å². The lowest BCUT2D eigenvalue weighted by Crippen LogP contribution is -2.19. The fourth-order valence-corrected chi connectivity index (χ4v) is 1.98. The maximum absolute atomic E-state index is 10.5. The Balaban J connectivity index is 1.88. The average Bonchev–Trinajstić information content (AvgIpc) is 2.88. The number of carboxylic acids is 1. The predicted molar refractivity (Wildman–Crippen MR) is 75.1 cm³/mol. The minimum Gasteiger partial charge on any atom is -0.481 e. The van der Waals surface area contributed by atoms with Crippen molar-refractivity contribution in [2.75, 3.05) is 13.6 Å². The van der Waals surface area contributed by atoms with Crippen LogP contribution in [0.1, 0.15) is 18.6 Å². The van der Waals surface area contributed by atoms with E-state index in [-0.39, 0.29) is 6.42 Å². The Bertz CT molecular complexity index is 551. The second-order valence-corrected chi connectivity index (χ2v) is 4.78. The largest absolute Gasteiger partial charge is 0.481 e. The van der Waals surface area contributed by atoms with Crippen molar-refractivity contribution in [2.45, 2.75) is 19.4 Å². The first kappa shape index (κ1) is 14.3. The zero-order valence-electron chi connectivity index (χ0n) is 11.5. The van der Waals surface area contributed by atoms with Gasteiger partial charge in [-0.1, -0.05) is 35.5 Å². The van der Waals surface area contributed by atoms with Crippen LogP contribution < -0.4 is 0 Å². The molecule has 0 unspecified atom stereocenters. The van der Waals surface area contributed by atoms with E-state index in [1.165, 1.54) is 0 Å². The topological polar surface area (TPSA) is 66.6 Å². The van der Waals surface area contributed by atoms with Crippen LogP contribution in [0.25, 0.3) is 11.3 Å². The third-order valence-corrected chi connectivity index (χ3v) is 2.98. The molecule has 1 aromatic heterocycles. The standard InChI is InChI=1S/C15H18N2O3/c1-17(9-5-8-15(18)19)11-13-10-14(16-20-13)12-6-3-2-4-7-12/h2-4,6-7,10H,5,8-9,11H2,1H3,(H,18,19). The summed E-state index contributed by atoms with van der Waals surface area (Å²) in [5.41, 5.74) is 1.84. The molecule has 0 aliphatic rings. The first-order chi connectivity index (χ1) is 9.65. The van der Waals surface area contributed by atoms with Crippen LogP contribution in [0, 0.1) is 0 Å². The molecular weight excluding hydrogens is 256 g/mol. The highest BCUT2D eigenvalue weighted by Crippen LogP contribution is 2.19. The number of hydrogen-bond acceptors (Lipinski definition) is 4. The van der Waals surface area contributed by atoms with E-state index < -0.39 is 5.97 Å². The fraction of sp³-hybridized carbons (Fsp3) is 0.333. The molecule has 20 heavy (non-hydrogen) atoms. The van der Waals surface area contributed by atoms with Gasteiger partial charge in [0.25, 0.3) is 0 Å². The van der Waals surface area contributed by atoms with Gasteiger partial charge in [-0.25, -0.2) is 0 Å². The van der Waals surface area contributed by atoms with Gasteiger partial charge in [-0.2, -0.15) is 0 Å². The molecule has 0 fully saturated rings. The van der Waals surface area contributed by atoms with E-state index in [1.807, 2.05) is 48.3 Å². The summed E-state index contributed by atoms with van der Waals surface area (Å²) >= 11 is 0. The first-order valence-electron chi connectivity index (χ1n) is 6.56. The van der Waals surface area contributed by atoms with Crippen molar-refractivity contribution >= 4 is 5.97 Å². The van der Waals surface area contributed by atoms with Gasteiger partial charge in [0.2, 0.25) is 0 Å². The molecule has 0 aliphatic carbocycles. The normalized spacial score (nSPS) is 10.9. The van der Waals surface area contributed by atoms with Gasteiger partial charge in [-0.05, 0) is 20.0 Å². The van der Waals surface area contributed by atoms with Gasteiger partial charge in [0, 0.05) is 18.1 Å². The van der Waals surface area contributed by atoms with E-state index in [2.05, 4.69) is 5.16 Å². The van der Waals surface area contributed by atoms with E-state index in [0.29, 0.717) is 19.5 Å². The Hall–Kier alpha value is -2.14. The van der Waals surface area contributed by atoms with Crippen LogP contribution in [0.4, 0.5) is 0 Å². The molecule has 1 heterocycles. The van der Waals surface area contributed by atoms with E-state index in [9.17, 15) is 4.79 Å². The van der Waals surface area contributed by atoms with Crippen LogP contribution >= 0.6 is 0 Å². The molecule has 2 rings (SSSR count). The number of carboxylic acid groups (broad SMARTS) is 1. The summed E-state index contributed by atoms with van der Waals surface area (Å²) in [7, 11) is 1.94. The number of hydrogen-bond donors (Lipinski definition) is 1. The minimum absolute atomic E-state index is 0.190. The van der Waals surface area contributed by atoms with E-state index >= 15 is 0 Å². The summed E-state index contributed by atoms with van der Waals surface area (Å²) in [5.74, 6) is 0.0195. The second kappa shape index (κ2) is 6.86. The smallest absolute Gasteiger partial charge is 0.303 e. The quantitative estimate of drug-likeness (QED) is 0.840. The maximum Gasteiger partial charge on any atom is 0.303 e. The van der Waals surface area contributed by atoms with Crippen molar-refractivity contribution in [3.8, 4) is 11.3 Å². The lowest BCUT2D eigenvalue weighted by Gasteiger charge is -2.13. The zero-order chi connectivity index (χ0) is 14.4. The lowest BCUT2D eigenvalue weighted by atomic mass is 10.1. The Morgan fingerprint density at radius 3 is 2.80 bits per heavy atom. The zero-order valence-corrected chi connectivity index (χ0v) is 11.5. The first-order valence-corrected chi connectivity index (χ1v) is 6.56.